The van der Waals surface area contributed by atoms with Gasteiger partial charge in [-0.05, 0) is 12.8 Å². The molecule has 0 aliphatic carbocycles. The molecule has 0 bridgehead atoms. The van der Waals surface area contributed by atoms with Crippen molar-refractivity contribution >= 4 is 17.7 Å². The highest BCUT2D eigenvalue weighted by atomic mass is 32.2. The van der Waals surface area contributed by atoms with Gasteiger partial charge in [-0.3, -0.25) is 0 Å². The summed E-state index contributed by atoms with van der Waals surface area (Å²) in [5.74, 6) is 0.241. The maximum absolute atomic E-state index is 10.6. The van der Waals surface area contributed by atoms with Gasteiger partial charge < -0.3 is 14.4 Å². The van der Waals surface area contributed by atoms with Crippen LogP contribution in [-0.4, -0.2) is 34.7 Å². The van der Waals surface area contributed by atoms with Crippen LogP contribution in [0.5, 0.6) is 0 Å². The monoisotopic (exact) mass is 243 g/mol. The average molecular weight is 243 g/mol. The third kappa shape index (κ3) is 2.99. The van der Waals surface area contributed by atoms with Gasteiger partial charge in [0.25, 0.3) is 0 Å². The fourth-order valence-corrected chi connectivity index (χ4v) is 2.59. The van der Waals surface area contributed by atoms with E-state index >= 15 is 0 Å². The molecule has 0 unspecified atom stereocenters. The molecule has 1 aliphatic rings. The number of aromatic carboxylic acids is 1. The van der Waals surface area contributed by atoms with E-state index < -0.39 is 5.97 Å². The Morgan fingerprint density at radius 2 is 2.31 bits per heavy atom. The zero-order chi connectivity index (χ0) is 11.4. The maximum Gasteiger partial charge on any atom is 0.358 e. The van der Waals surface area contributed by atoms with E-state index in [0.29, 0.717) is 16.8 Å². The number of ether oxygens (including phenoxy) is 1. The fourth-order valence-electron chi connectivity index (χ4n) is 1.52. The second kappa shape index (κ2) is 5.36. The third-order valence-electron chi connectivity index (χ3n) is 2.41. The van der Waals surface area contributed by atoms with E-state index in [1.165, 1.54) is 6.07 Å². The number of carboxylic acid groups (broad SMARTS) is 1. The first-order chi connectivity index (χ1) is 7.75. The first-order valence-electron chi connectivity index (χ1n) is 5.14. The van der Waals surface area contributed by atoms with E-state index in [2.05, 4.69) is 5.16 Å². The fraction of sp³-hybridized carbons (Fsp3) is 0.600. The molecule has 1 aromatic rings. The summed E-state index contributed by atoms with van der Waals surface area (Å²) < 4.78 is 10.2. The topological polar surface area (TPSA) is 72.6 Å². The van der Waals surface area contributed by atoms with E-state index in [0.717, 1.165) is 26.1 Å². The van der Waals surface area contributed by atoms with Gasteiger partial charge in [-0.1, -0.05) is 5.16 Å². The lowest BCUT2D eigenvalue weighted by Gasteiger charge is -2.20. The molecule has 1 N–H and O–H groups in total. The molecule has 0 atom stereocenters. The summed E-state index contributed by atoms with van der Waals surface area (Å²) in [7, 11) is 0. The Balaban J connectivity index is 1.81. The molecule has 0 amide bonds. The van der Waals surface area contributed by atoms with Gasteiger partial charge in [-0.2, -0.15) is 11.8 Å². The van der Waals surface area contributed by atoms with Crippen LogP contribution in [0.25, 0.3) is 0 Å². The normalized spacial score (nSPS) is 17.5. The van der Waals surface area contributed by atoms with Crippen molar-refractivity contribution in [3.05, 3.63) is 17.5 Å². The molecule has 0 saturated carbocycles. The number of nitrogens with zero attached hydrogens (tertiary/aromatic N) is 1. The number of carbonyl (C=O) groups is 1. The van der Waals surface area contributed by atoms with Gasteiger partial charge in [0, 0.05) is 24.5 Å². The summed E-state index contributed by atoms with van der Waals surface area (Å²) in [6, 6.07) is 1.48. The number of thioether (sulfide) groups is 1. The van der Waals surface area contributed by atoms with Gasteiger partial charge >= 0.3 is 5.97 Å². The van der Waals surface area contributed by atoms with Crippen molar-refractivity contribution in [2.24, 2.45) is 0 Å². The Labute approximate surface area is 97.1 Å². The lowest BCUT2D eigenvalue weighted by molar-refractivity contribution is 0.0685. The summed E-state index contributed by atoms with van der Waals surface area (Å²) in [5, 5.41) is 12.7. The molecule has 0 spiro atoms. The van der Waals surface area contributed by atoms with Crippen LogP contribution in [0.2, 0.25) is 0 Å². The highest BCUT2D eigenvalue weighted by Gasteiger charge is 2.16. The van der Waals surface area contributed by atoms with Crippen LogP contribution in [0.4, 0.5) is 0 Å². The molecule has 6 heteroatoms. The van der Waals surface area contributed by atoms with E-state index in [1.807, 2.05) is 0 Å². The predicted molar refractivity (Wildman–Crippen MR) is 58.6 cm³/mol. The Kier molecular flexibility index (Phi) is 3.84. The van der Waals surface area contributed by atoms with Crippen molar-refractivity contribution in [2.45, 2.75) is 23.8 Å². The number of rotatable bonds is 4. The summed E-state index contributed by atoms with van der Waals surface area (Å²) >= 11 is 1.77. The lowest BCUT2D eigenvalue weighted by atomic mass is 10.2. The van der Waals surface area contributed by atoms with Gasteiger partial charge in [0.2, 0.25) is 0 Å². The Bertz CT molecular complexity index is 359. The SMILES string of the molecule is O=C(O)c1cc(CSC2CCOCC2)on1. The van der Waals surface area contributed by atoms with Crippen molar-refractivity contribution in [3.63, 3.8) is 0 Å². The zero-order valence-corrected chi connectivity index (χ0v) is 9.53. The first kappa shape index (κ1) is 11.5. The molecule has 0 aromatic carbocycles. The number of hydrogen-bond acceptors (Lipinski definition) is 5. The van der Waals surface area contributed by atoms with Crippen molar-refractivity contribution in [2.75, 3.05) is 13.2 Å². The van der Waals surface area contributed by atoms with Gasteiger partial charge in [-0.25, -0.2) is 4.79 Å². The summed E-state index contributed by atoms with van der Waals surface area (Å²) in [6.07, 6.45) is 2.09. The van der Waals surface area contributed by atoms with Crippen LogP contribution in [-0.2, 0) is 10.5 Å². The van der Waals surface area contributed by atoms with Gasteiger partial charge in [-0.15, -0.1) is 0 Å². The van der Waals surface area contributed by atoms with Gasteiger partial charge in [0.15, 0.2) is 5.69 Å². The molecular formula is C10H13NO4S. The van der Waals surface area contributed by atoms with Crippen molar-refractivity contribution < 1.29 is 19.2 Å². The maximum atomic E-state index is 10.6. The van der Waals surface area contributed by atoms with Crippen LogP contribution < -0.4 is 0 Å². The number of carboxylic acids is 1. The summed E-state index contributed by atoms with van der Waals surface area (Å²) in [6.45, 7) is 1.63. The van der Waals surface area contributed by atoms with Crippen molar-refractivity contribution in [1.29, 1.82) is 0 Å². The zero-order valence-electron chi connectivity index (χ0n) is 8.72. The number of hydrogen-bond donors (Lipinski definition) is 1. The minimum atomic E-state index is -1.05. The first-order valence-corrected chi connectivity index (χ1v) is 6.19. The number of aromatic nitrogens is 1. The van der Waals surface area contributed by atoms with Crippen LogP contribution in [0, 0.1) is 0 Å². The van der Waals surface area contributed by atoms with E-state index in [1.54, 1.807) is 11.8 Å². The minimum Gasteiger partial charge on any atom is -0.476 e. The molecule has 1 aliphatic heterocycles. The quantitative estimate of drug-likeness (QED) is 0.869. The molecule has 2 rings (SSSR count). The van der Waals surface area contributed by atoms with Gasteiger partial charge in [0.05, 0.1) is 5.75 Å². The van der Waals surface area contributed by atoms with E-state index in [4.69, 9.17) is 14.4 Å². The molecule has 5 nitrogen and oxygen atoms in total. The lowest BCUT2D eigenvalue weighted by Crippen LogP contribution is -2.17. The second-order valence-electron chi connectivity index (χ2n) is 3.61. The molecule has 88 valence electrons. The highest BCUT2D eigenvalue weighted by Crippen LogP contribution is 2.25. The highest BCUT2D eigenvalue weighted by molar-refractivity contribution is 7.99. The summed E-state index contributed by atoms with van der Waals surface area (Å²) in [5.41, 5.74) is -0.0254. The predicted octanol–water partition coefficient (Wildman–Crippen LogP) is 1.79. The molecule has 2 heterocycles. The third-order valence-corrected chi connectivity index (χ3v) is 3.80. The Hall–Kier alpha value is -1.01. The Morgan fingerprint density at radius 3 is 2.94 bits per heavy atom. The molecule has 1 fully saturated rings. The summed E-state index contributed by atoms with van der Waals surface area (Å²) in [4.78, 5) is 10.6. The van der Waals surface area contributed by atoms with Crippen LogP contribution >= 0.6 is 11.8 Å². The van der Waals surface area contributed by atoms with E-state index in [9.17, 15) is 4.79 Å². The van der Waals surface area contributed by atoms with Crippen molar-refractivity contribution in [1.82, 2.24) is 5.16 Å². The molecule has 16 heavy (non-hydrogen) atoms. The van der Waals surface area contributed by atoms with E-state index in [-0.39, 0.29) is 5.69 Å². The molecule has 0 radical (unpaired) electrons. The largest absolute Gasteiger partial charge is 0.476 e. The molecule has 1 saturated heterocycles. The van der Waals surface area contributed by atoms with Crippen LogP contribution in [0.3, 0.4) is 0 Å². The molecular weight excluding hydrogens is 230 g/mol. The van der Waals surface area contributed by atoms with Crippen LogP contribution in [0.15, 0.2) is 10.6 Å². The Morgan fingerprint density at radius 1 is 1.56 bits per heavy atom. The van der Waals surface area contributed by atoms with Crippen LogP contribution in [0.1, 0.15) is 29.1 Å². The smallest absolute Gasteiger partial charge is 0.358 e. The second-order valence-corrected chi connectivity index (χ2v) is 4.90. The molecule has 1 aromatic heterocycles. The average Bonchev–Trinajstić information content (AvgIpc) is 2.76. The van der Waals surface area contributed by atoms with Gasteiger partial charge in [0.1, 0.15) is 5.76 Å². The minimum absolute atomic E-state index is 0.0254. The standard InChI is InChI=1S/C10H13NO4S/c12-10(13)9-5-7(15-11-9)6-16-8-1-3-14-4-2-8/h5,8H,1-4,6H2,(H,12,13). The van der Waals surface area contributed by atoms with Crippen molar-refractivity contribution in [3.8, 4) is 0 Å².